The molecular formula is C11H14N2O2. The van der Waals surface area contributed by atoms with Crippen LogP contribution in [0.15, 0.2) is 18.2 Å². The average Bonchev–Trinajstić information content (AvgIpc) is 3.01. The fraction of sp³-hybridized carbons (Fsp3) is 0.364. The van der Waals surface area contributed by atoms with Crippen LogP contribution in [0.4, 0.5) is 11.4 Å². The van der Waals surface area contributed by atoms with Crippen LogP contribution in [0.2, 0.25) is 0 Å². The molecule has 0 heterocycles. The Hall–Kier alpha value is -1.71. The molecule has 1 amide bonds. The van der Waals surface area contributed by atoms with Crippen molar-refractivity contribution in [3.63, 3.8) is 0 Å². The number of amides is 1. The molecule has 0 atom stereocenters. The zero-order chi connectivity index (χ0) is 10.8. The van der Waals surface area contributed by atoms with Gasteiger partial charge in [0.1, 0.15) is 5.75 Å². The van der Waals surface area contributed by atoms with Crippen molar-refractivity contribution in [2.45, 2.75) is 12.8 Å². The molecule has 15 heavy (non-hydrogen) atoms. The van der Waals surface area contributed by atoms with E-state index in [0.29, 0.717) is 17.1 Å². The molecule has 0 radical (unpaired) electrons. The van der Waals surface area contributed by atoms with Crippen molar-refractivity contribution in [2.75, 3.05) is 18.2 Å². The van der Waals surface area contributed by atoms with E-state index in [1.54, 1.807) is 25.3 Å². The molecule has 0 saturated heterocycles. The van der Waals surface area contributed by atoms with Crippen LogP contribution in [-0.4, -0.2) is 13.0 Å². The number of carbonyl (C=O) groups excluding carboxylic acids is 1. The van der Waals surface area contributed by atoms with Gasteiger partial charge in [-0.25, -0.2) is 0 Å². The first-order chi connectivity index (χ1) is 7.20. The number of nitrogens with two attached hydrogens (primary N) is 1. The van der Waals surface area contributed by atoms with E-state index in [0.717, 1.165) is 12.8 Å². The van der Waals surface area contributed by atoms with Crippen LogP contribution in [0.3, 0.4) is 0 Å². The van der Waals surface area contributed by atoms with Crippen LogP contribution in [0.25, 0.3) is 0 Å². The molecule has 1 fully saturated rings. The second-order valence-electron chi connectivity index (χ2n) is 3.72. The van der Waals surface area contributed by atoms with Gasteiger partial charge in [-0.05, 0) is 31.0 Å². The summed E-state index contributed by atoms with van der Waals surface area (Å²) in [4.78, 5) is 11.5. The standard InChI is InChI=1S/C11H14N2O2/c1-15-10-5-4-8(12)6-9(10)13-11(14)7-2-3-7/h4-7H,2-3,12H2,1H3,(H,13,14). The Morgan fingerprint density at radius 3 is 2.87 bits per heavy atom. The van der Waals surface area contributed by atoms with Gasteiger partial charge in [0.05, 0.1) is 12.8 Å². The minimum atomic E-state index is 0.0545. The highest BCUT2D eigenvalue weighted by Crippen LogP contribution is 2.32. The normalized spacial score (nSPS) is 14.7. The van der Waals surface area contributed by atoms with Crippen molar-refractivity contribution < 1.29 is 9.53 Å². The third kappa shape index (κ3) is 2.21. The van der Waals surface area contributed by atoms with Crippen molar-refractivity contribution in [3.8, 4) is 5.75 Å². The molecule has 80 valence electrons. The maximum atomic E-state index is 11.5. The Labute approximate surface area is 88.4 Å². The summed E-state index contributed by atoms with van der Waals surface area (Å²) in [5.41, 5.74) is 6.90. The predicted octanol–water partition coefficient (Wildman–Crippen LogP) is 1.63. The number of benzene rings is 1. The second-order valence-corrected chi connectivity index (χ2v) is 3.72. The lowest BCUT2D eigenvalue weighted by molar-refractivity contribution is -0.117. The van der Waals surface area contributed by atoms with Crippen LogP contribution in [0.1, 0.15) is 12.8 Å². The topological polar surface area (TPSA) is 64.3 Å². The van der Waals surface area contributed by atoms with E-state index in [1.807, 2.05) is 0 Å². The molecule has 3 N–H and O–H groups in total. The second kappa shape index (κ2) is 3.81. The molecule has 1 saturated carbocycles. The lowest BCUT2D eigenvalue weighted by atomic mass is 10.2. The van der Waals surface area contributed by atoms with E-state index in [9.17, 15) is 4.79 Å². The quantitative estimate of drug-likeness (QED) is 0.739. The minimum Gasteiger partial charge on any atom is -0.495 e. The molecule has 2 rings (SSSR count). The fourth-order valence-electron chi connectivity index (χ4n) is 1.40. The van der Waals surface area contributed by atoms with E-state index in [-0.39, 0.29) is 11.8 Å². The van der Waals surface area contributed by atoms with Gasteiger partial charge in [0, 0.05) is 11.6 Å². The first-order valence-electron chi connectivity index (χ1n) is 4.95. The summed E-state index contributed by atoms with van der Waals surface area (Å²) in [7, 11) is 1.57. The molecule has 0 bridgehead atoms. The van der Waals surface area contributed by atoms with Gasteiger partial charge < -0.3 is 15.8 Å². The Morgan fingerprint density at radius 2 is 2.27 bits per heavy atom. The average molecular weight is 206 g/mol. The highest BCUT2D eigenvalue weighted by molar-refractivity contribution is 5.95. The van der Waals surface area contributed by atoms with Crippen LogP contribution in [0.5, 0.6) is 5.75 Å². The van der Waals surface area contributed by atoms with Crippen molar-refractivity contribution in [1.29, 1.82) is 0 Å². The summed E-state index contributed by atoms with van der Waals surface area (Å²) in [5.74, 6) is 0.869. The number of nitrogen functional groups attached to an aromatic ring is 1. The van der Waals surface area contributed by atoms with Gasteiger partial charge in [-0.2, -0.15) is 0 Å². The van der Waals surface area contributed by atoms with Crippen molar-refractivity contribution in [3.05, 3.63) is 18.2 Å². The molecular weight excluding hydrogens is 192 g/mol. The summed E-state index contributed by atoms with van der Waals surface area (Å²) < 4.78 is 5.13. The van der Waals surface area contributed by atoms with E-state index < -0.39 is 0 Å². The number of nitrogens with one attached hydrogen (secondary N) is 1. The van der Waals surface area contributed by atoms with Crippen LogP contribution in [-0.2, 0) is 4.79 Å². The van der Waals surface area contributed by atoms with Gasteiger partial charge in [0.2, 0.25) is 5.91 Å². The van der Waals surface area contributed by atoms with Gasteiger partial charge in [-0.3, -0.25) is 4.79 Å². The summed E-state index contributed by atoms with van der Waals surface area (Å²) in [5, 5.41) is 2.82. The van der Waals surface area contributed by atoms with Crippen LogP contribution in [0, 0.1) is 5.92 Å². The molecule has 0 spiro atoms. The maximum absolute atomic E-state index is 11.5. The maximum Gasteiger partial charge on any atom is 0.227 e. The minimum absolute atomic E-state index is 0.0545. The largest absolute Gasteiger partial charge is 0.495 e. The highest BCUT2D eigenvalue weighted by Gasteiger charge is 2.30. The zero-order valence-electron chi connectivity index (χ0n) is 8.62. The predicted molar refractivity (Wildman–Crippen MR) is 58.8 cm³/mol. The third-order valence-corrected chi connectivity index (χ3v) is 2.43. The number of hydrogen-bond acceptors (Lipinski definition) is 3. The number of methoxy groups -OCH3 is 1. The zero-order valence-corrected chi connectivity index (χ0v) is 8.62. The monoisotopic (exact) mass is 206 g/mol. The summed E-state index contributed by atoms with van der Waals surface area (Å²) in [6.07, 6.45) is 1.97. The first-order valence-corrected chi connectivity index (χ1v) is 4.95. The van der Waals surface area contributed by atoms with E-state index >= 15 is 0 Å². The number of rotatable bonds is 3. The Balaban J connectivity index is 2.17. The van der Waals surface area contributed by atoms with Gasteiger partial charge in [-0.1, -0.05) is 0 Å². The molecule has 1 aliphatic rings. The van der Waals surface area contributed by atoms with Gasteiger partial charge in [0.25, 0.3) is 0 Å². The highest BCUT2D eigenvalue weighted by atomic mass is 16.5. The van der Waals surface area contributed by atoms with E-state index in [1.165, 1.54) is 0 Å². The molecule has 4 heteroatoms. The molecule has 1 aliphatic carbocycles. The van der Waals surface area contributed by atoms with Crippen LogP contribution < -0.4 is 15.8 Å². The lowest BCUT2D eigenvalue weighted by Gasteiger charge is -2.10. The van der Waals surface area contributed by atoms with Crippen molar-refractivity contribution >= 4 is 17.3 Å². The number of ether oxygens (including phenoxy) is 1. The first kappa shape index (κ1) is 9.83. The SMILES string of the molecule is COc1ccc(N)cc1NC(=O)C1CC1. The smallest absolute Gasteiger partial charge is 0.227 e. The van der Waals surface area contributed by atoms with E-state index in [2.05, 4.69) is 5.32 Å². The molecule has 1 aromatic carbocycles. The van der Waals surface area contributed by atoms with Gasteiger partial charge in [0.15, 0.2) is 0 Å². The van der Waals surface area contributed by atoms with Gasteiger partial charge >= 0.3 is 0 Å². The van der Waals surface area contributed by atoms with E-state index in [4.69, 9.17) is 10.5 Å². The molecule has 4 nitrogen and oxygen atoms in total. The van der Waals surface area contributed by atoms with Crippen molar-refractivity contribution in [2.24, 2.45) is 5.92 Å². The molecule has 1 aromatic rings. The lowest BCUT2D eigenvalue weighted by Crippen LogP contribution is -2.14. The molecule has 0 aliphatic heterocycles. The third-order valence-electron chi connectivity index (χ3n) is 2.43. The number of carbonyl (C=O) groups is 1. The summed E-state index contributed by atoms with van der Waals surface area (Å²) >= 11 is 0. The van der Waals surface area contributed by atoms with Crippen LogP contribution >= 0.6 is 0 Å². The Bertz CT molecular complexity index is 386. The Kier molecular flexibility index (Phi) is 2.49. The summed E-state index contributed by atoms with van der Waals surface area (Å²) in [6.45, 7) is 0. The molecule has 0 unspecified atom stereocenters. The Morgan fingerprint density at radius 1 is 1.53 bits per heavy atom. The number of anilines is 2. The molecule has 0 aromatic heterocycles. The summed E-state index contributed by atoms with van der Waals surface area (Å²) in [6, 6.07) is 5.20. The fourth-order valence-corrected chi connectivity index (χ4v) is 1.40. The van der Waals surface area contributed by atoms with Gasteiger partial charge in [-0.15, -0.1) is 0 Å². The van der Waals surface area contributed by atoms with Crippen molar-refractivity contribution in [1.82, 2.24) is 0 Å². The number of hydrogen-bond donors (Lipinski definition) is 2.